The van der Waals surface area contributed by atoms with E-state index in [-0.39, 0.29) is 18.5 Å². The van der Waals surface area contributed by atoms with Gasteiger partial charge in [-0.05, 0) is 68.9 Å². The van der Waals surface area contributed by atoms with Crippen LogP contribution >= 0.6 is 0 Å². The van der Waals surface area contributed by atoms with Crippen LogP contribution in [0.1, 0.15) is 74.0 Å². The number of amides is 1. The minimum Gasteiger partial charge on any atom is -0.469 e. The summed E-state index contributed by atoms with van der Waals surface area (Å²) in [5.74, 6) is -0.781. The van der Waals surface area contributed by atoms with Crippen molar-refractivity contribution in [3.05, 3.63) is 70.8 Å². The van der Waals surface area contributed by atoms with E-state index in [0.29, 0.717) is 38.1 Å². The average molecular weight is 498 g/mol. The Morgan fingerprint density at radius 2 is 1.67 bits per heavy atom. The summed E-state index contributed by atoms with van der Waals surface area (Å²) in [6.07, 6.45) is 2.56. The summed E-state index contributed by atoms with van der Waals surface area (Å²) < 4.78 is 15.8. The predicted molar refractivity (Wildman–Crippen MR) is 139 cm³/mol. The SMILES string of the molecule is CCCCOC(=O)N(CCc1ccccc1)Cc1ccc(C(=O)OC(C)(C)C)cc1CCC(=O)OC. The molecule has 0 bridgehead atoms. The van der Waals surface area contributed by atoms with Crippen LogP contribution in [0.3, 0.4) is 0 Å². The smallest absolute Gasteiger partial charge is 0.410 e. The Bertz CT molecular complexity index is 997. The first-order valence-corrected chi connectivity index (χ1v) is 12.5. The standard InChI is InChI=1S/C29H39NO6/c1-6-7-19-35-28(33)30(18-17-22-11-9-8-10-12-22)21-25-14-13-24(27(32)36-29(2,3)4)20-23(25)15-16-26(31)34-5/h8-14,20H,6-7,15-19,21H2,1-5H3. The van der Waals surface area contributed by atoms with E-state index in [0.717, 1.165) is 29.5 Å². The monoisotopic (exact) mass is 497 g/mol. The van der Waals surface area contributed by atoms with Gasteiger partial charge in [-0.15, -0.1) is 0 Å². The Kier molecular flexibility index (Phi) is 11.4. The number of hydrogen-bond acceptors (Lipinski definition) is 6. The zero-order valence-corrected chi connectivity index (χ0v) is 22.2. The third-order valence-electron chi connectivity index (χ3n) is 5.52. The maximum atomic E-state index is 13.0. The highest BCUT2D eigenvalue weighted by atomic mass is 16.6. The second-order valence-corrected chi connectivity index (χ2v) is 9.69. The molecule has 7 heteroatoms. The highest BCUT2D eigenvalue weighted by Crippen LogP contribution is 2.20. The molecule has 36 heavy (non-hydrogen) atoms. The Morgan fingerprint density at radius 3 is 2.31 bits per heavy atom. The minimum atomic E-state index is -0.627. The molecule has 2 aromatic carbocycles. The van der Waals surface area contributed by atoms with E-state index in [1.54, 1.807) is 17.0 Å². The predicted octanol–water partition coefficient (Wildman–Crippen LogP) is 5.73. The minimum absolute atomic E-state index is 0.159. The normalized spacial score (nSPS) is 11.0. The number of unbranched alkanes of at least 4 members (excludes halogenated alkanes) is 1. The molecular formula is C29H39NO6. The van der Waals surface area contributed by atoms with Crippen LogP contribution in [0.2, 0.25) is 0 Å². The summed E-state index contributed by atoms with van der Waals surface area (Å²) in [6.45, 7) is 8.61. The van der Waals surface area contributed by atoms with Crippen molar-refractivity contribution in [2.45, 2.75) is 71.9 Å². The maximum absolute atomic E-state index is 13.0. The Hall–Kier alpha value is -3.35. The van der Waals surface area contributed by atoms with Crippen molar-refractivity contribution >= 4 is 18.0 Å². The molecule has 1 amide bonds. The zero-order valence-electron chi connectivity index (χ0n) is 22.2. The van der Waals surface area contributed by atoms with E-state index in [9.17, 15) is 14.4 Å². The lowest BCUT2D eigenvalue weighted by atomic mass is 9.99. The molecule has 0 aliphatic rings. The van der Waals surface area contributed by atoms with Crippen LogP contribution in [0.5, 0.6) is 0 Å². The highest BCUT2D eigenvalue weighted by molar-refractivity contribution is 5.90. The van der Waals surface area contributed by atoms with Crippen LogP contribution in [0.25, 0.3) is 0 Å². The van der Waals surface area contributed by atoms with E-state index < -0.39 is 11.6 Å². The van der Waals surface area contributed by atoms with Gasteiger partial charge in [0, 0.05) is 19.5 Å². The average Bonchev–Trinajstić information content (AvgIpc) is 2.85. The highest BCUT2D eigenvalue weighted by Gasteiger charge is 2.21. The number of carbonyl (C=O) groups excluding carboxylic acids is 3. The van der Waals surface area contributed by atoms with Gasteiger partial charge >= 0.3 is 18.0 Å². The van der Waals surface area contributed by atoms with Crippen molar-refractivity contribution in [3.63, 3.8) is 0 Å². The molecule has 0 aliphatic heterocycles. The number of rotatable bonds is 12. The molecule has 0 fully saturated rings. The first-order valence-electron chi connectivity index (χ1n) is 12.5. The van der Waals surface area contributed by atoms with Crippen molar-refractivity contribution in [1.82, 2.24) is 4.90 Å². The number of aryl methyl sites for hydroxylation is 1. The number of esters is 2. The third-order valence-corrected chi connectivity index (χ3v) is 5.52. The second-order valence-electron chi connectivity index (χ2n) is 9.69. The molecule has 196 valence electrons. The van der Waals surface area contributed by atoms with Crippen molar-refractivity contribution < 1.29 is 28.6 Å². The molecule has 0 saturated heterocycles. The van der Waals surface area contributed by atoms with Crippen LogP contribution in [-0.4, -0.2) is 48.8 Å². The molecule has 0 saturated carbocycles. The molecule has 7 nitrogen and oxygen atoms in total. The first kappa shape index (κ1) is 28.9. The van der Waals surface area contributed by atoms with E-state index in [4.69, 9.17) is 14.2 Å². The van der Waals surface area contributed by atoms with Crippen LogP contribution in [-0.2, 0) is 38.4 Å². The Balaban J connectivity index is 2.30. The summed E-state index contributed by atoms with van der Waals surface area (Å²) in [5.41, 5.74) is 2.52. The number of nitrogens with zero attached hydrogens (tertiary/aromatic N) is 1. The molecule has 0 atom stereocenters. The molecular weight excluding hydrogens is 458 g/mol. The molecule has 0 unspecified atom stereocenters. The van der Waals surface area contributed by atoms with Crippen LogP contribution in [0.15, 0.2) is 48.5 Å². The Labute approximate surface area is 214 Å². The van der Waals surface area contributed by atoms with Crippen molar-refractivity contribution in [3.8, 4) is 0 Å². The van der Waals surface area contributed by atoms with Gasteiger partial charge in [0.25, 0.3) is 0 Å². The van der Waals surface area contributed by atoms with E-state index in [2.05, 4.69) is 0 Å². The summed E-state index contributed by atoms with van der Waals surface area (Å²) in [6, 6.07) is 15.2. The van der Waals surface area contributed by atoms with Gasteiger partial charge in [0.2, 0.25) is 0 Å². The zero-order chi connectivity index (χ0) is 26.6. The van der Waals surface area contributed by atoms with Crippen molar-refractivity contribution in [2.75, 3.05) is 20.3 Å². The van der Waals surface area contributed by atoms with Gasteiger partial charge in [-0.1, -0.05) is 49.7 Å². The number of methoxy groups -OCH3 is 1. The van der Waals surface area contributed by atoms with Crippen LogP contribution in [0.4, 0.5) is 4.79 Å². The van der Waals surface area contributed by atoms with Gasteiger partial charge in [0.05, 0.1) is 19.3 Å². The number of benzene rings is 2. The molecule has 0 N–H and O–H groups in total. The third kappa shape index (κ3) is 10.1. The molecule has 0 heterocycles. The second kappa shape index (κ2) is 14.3. The summed E-state index contributed by atoms with van der Waals surface area (Å²) in [7, 11) is 1.35. The molecule has 0 spiro atoms. The first-order chi connectivity index (χ1) is 17.1. The van der Waals surface area contributed by atoms with E-state index in [1.807, 2.05) is 64.1 Å². The Morgan fingerprint density at radius 1 is 0.944 bits per heavy atom. The molecule has 2 aromatic rings. The van der Waals surface area contributed by atoms with Gasteiger partial charge in [-0.25, -0.2) is 9.59 Å². The largest absolute Gasteiger partial charge is 0.469 e. The lowest BCUT2D eigenvalue weighted by molar-refractivity contribution is -0.140. The van der Waals surface area contributed by atoms with Crippen molar-refractivity contribution in [1.29, 1.82) is 0 Å². The summed E-state index contributed by atoms with van der Waals surface area (Å²) in [4.78, 5) is 39.1. The van der Waals surface area contributed by atoms with Gasteiger partial charge in [0.1, 0.15) is 5.60 Å². The van der Waals surface area contributed by atoms with Crippen molar-refractivity contribution in [2.24, 2.45) is 0 Å². The fraction of sp³-hybridized carbons (Fsp3) is 0.483. The number of carbonyl (C=O) groups is 3. The van der Waals surface area contributed by atoms with Crippen LogP contribution < -0.4 is 0 Å². The number of hydrogen-bond donors (Lipinski definition) is 0. The fourth-order valence-electron chi connectivity index (χ4n) is 3.56. The molecule has 0 aliphatic carbocycles. The fourth-order valence-corrected chi connectivity index (χ4v) is 3.56. The molecule has 0 aromatic heterocycles. The summed E-state index contributed by atoms with van der Waals surface area (Å²) >= 11 is 0. The lowest BCUT2D eigenvalue weighted by Crippen LogP contribution is -2.33. The van der Waals surface area contributed by atoms with Gasteiger partial charge in [-0.2, -0.15) is 0 Å². The quantitative estimate of drug-likeness (QED) is 0.212. The van der Waals surface area contributed by atoms with Gasteiger partial charge in [0.15, 0.2) is 0 Å². The van der Waals surface area contributed by atoms with E-state index >= 15 is 0 Å². The molecule has 2 rings (SSSR count). The van der Waals surface area contributed by atoms with Gasteiger partial charge < -0.3 is 19.1 Å². The summed E-state index contributed by atoms with van der Waals surface area (Å²) in [5, 5.41) is 0. The number of ether oxygens (including phenoxy) is 3. The maximum Gasteiger partial charge on any atom is 0.410 e. The molecule has 0 radical (unpaired) electrons. The van der Waals surface area contributed by atoms with Gasteiger partial charge in [-0.3, -0.25) is 4.79 Å². The van der Waals surface area contributed by atoms with E-state index in [1.165, 1.54) is 7.11 Å². The topological polar surface area (TPSA) is 82.1 Å². The lowest BCUT2D eigenvalue weighted by Gasteiger charge is -2.24. The van der Waals surface area contributed by atoms with Crippen LogP contribution in [0, 0.1) is 0 Å².